The van der Waals surface area contributed by atoms with Crippen LogP contribution in [0.3, 0.4) is 0 Å². The van der Waals surface area contributed by atoms with Crippen LogP contribution in [-0.2, 0) is 20.8 Å². The highest BCUT2D eigenvalue weighted by molar-refractivity contribution is 7.89. The van der Waals surface area contributed by atoms with Gasteiger partial charge < -0.3 is 5.43 Å². The summed E-state index contributed by atoms with van der Waals surface area (Å²) >= 11 is 0. The third-order valence-electron chi connectivity index (χ3n) is 2.57. The van der Waals surface area contributed by atoms with Gasteiger partial charge in [0.05, 0.1) is 9.82 Å². The minimum atomic E-state index is -3.84. The maximum atomic E-state index is 12.0. The number of rotatable bonds is 8. The predicted octanol–water partition coefficient (Wildman–Crippen LogP) is -0.0727. The van der Waals surface area contributed by atoms with Crippen LogP contribution >= 0.6 is 0 Å². The molecule has 0 spiro atoms. The average Bonchev–Trinajstić information content (AvgIpc) is 2.45. The van der Waals surface area contributed by atoms with Crippen LogP contribution in [0.2, 0.25) is 0 Å². The molecule has 11 heteroatoms. The first-order valence-corrected chi connectivity index (χ1v) is 8.88. The molecule has 0 aromatic heterocycles. The lowest BCUT2D eigenvalue weighted by molar-refractivity contribution is -0.384. The van der Waals surface area contributed by atoms with Crippen molar-refractivity contribution in [2.45, 2.75) is 11.8 Å². The lowest BCUT2D eigenvalue weighted by Gasteiger charge is -2.08. The fourth-order valence-electron chi connectivity index (χ4n) is 1.47. The molecule has 0 aliphatic rings. The van der Waals surface area contributed by atoms with E-state index in [2.05, 4.69) is 10.1 Å². The number of nitrogens with one attached hydrogen (secondary N) is 2. The number of hydrazine groups is 1. The van der Waals surface area contributed by atoms with Crippen molar-refractivity contribution in [1.82, 2.24) is 4.72 Å². The van der Waals surface area contributed by atoms with Crippen molar-refractivity contribution in [2.24, 2.45) is 5.84 Å². The number of hydrogen-bond acceptors (Lipinski definition) is 7. The molecular formula is C10H16N4O5S2. The maximum absolute atomic E-state index is 12.0. The average molecular weight is 336 g/mol. The van der Waals surface area contributed by atoms with Gasteiger partial charge in [-0.15, -0.1) is 0 Å². The molecule has 9 nitrogen and oxygen atoms in total. The quantitative estimate of drug-likeness (QED) is 0.342. The van der Waals surface area contributed by atoms with E-state index in [1.54, 1.807) is 6.92 Å². The molecule has 1 aromatic rings. The zero-order valence-corrected chi connectivity index (χ0v) is 12.9. The van der Waals surface area contributed by atoms with Gasteiger partial charge >= 0.3 is 0 Å². The number of hydrogen-bond donors (Lipinski definition) is 3. The second kappa shape index (κ2) is 7.45. The van der Waals surface area contributed by atoms with Gasteiger partial charge in [-0.1, -0.05) is 6.92 Å². The zero-order chi connectivity index (χ0) is 16.0. The normalized spacial score (nSPS) is 12.9. The van der Waals surface area contributed by atoms with Crippen molar-refractivity contribution in [3.8, 4) is 0 Å². The number of nitrogen functional groups attached to an aromatic ring is 1. The minimum Gasteiger partial charge on any atom is -0.318 e. The molecule has 0 aliphatic carbocycles. The summed E-state index contributed by atoms with van der Waals surface area (Å²) in [6.07, 6.45) is 0. The van der Waals surface area contributed by atoms with E-state index in [0.29, 0.717) is 5.75 Å². The molecule has 0 amide bonds. The Morgan fingerprint density at radius 1 is 1.43 bits per heavy atom. The van der Waals surface area contributed by atoms with Gasteiger partial charge in [0.25, 0.3) is 5.69 Å². The van der Waals surface area contributed by atoms with Crippen LogP contribution in [-0.4, -0.2) is 35.6 Å². The Morgan fingerprint density at radius 2 is 2.10 bits per heavy atom. The highest BCUT2D eigenvalue weighted by atomic mass is 32.2. The molecule has 0 saturated heterocycles. The molecule has 21 heavy (non-hydrogen) atoms. The molecule has 4 N–H and O–H groups in total. The van der Waals surface area contributed by atoms with Gasteiger partial charge in [0.2, 0.25) is 10.0 Å². The van der Waals surface area contributed by atoms with Crippen molar-refractivity contribution in [3.05, 3.63) is 28.3 Å². The number of nitrogens with zero attached hydrogens (tertiary/aromatic N) is 1. The van der Waals surface area contributed by atoms with Gasteiger partial charge in [0.1, 0.15) is 5.69 Å². The Morgan fingerprint density at radius 3 is 2.62 bits per heavy atom. The van der Waals surface area contributed by atoms with E-state index >= 15 is 0 Å². The van der Waals surface area contributed by atoms with Crippen molar-refractivity contribution >= 4 is 32.2 Å². The lowest BCUT2D eigenvalue weighted by Crippen LogP contribution is -2.28. The maximum Gasteiger partial charge on any atom is 0.293 e. The van der Waals surface area contributed by atoms with Gasteiger partial charge in [0, 0.05) is 34.9 Å². The number of sulfonamides is 1. The number of benzene rings is 1. The summed E-state index contributed by atoms with van der Waals surface area (Å²) in [6.45, 7) is 1.76. The van der Waals surface area contributed by atoms with Crippen LogP contribution in [0, 0.1) is 10.1 Å². The molecule has 1 unspecified atom stereocenters. The van der Waals surface area contributed by atoms with Gasteiger partial charge in [-0.05, 0) is 12.1 Å². The number of nitro groups is 1. The van der Waals surface area contributed by atoms with Crippen LogP contribution < -0.4 is 16.0 Å². The summed E-state index contributed by atoms with van der Waals surface area (Å²) in [6, 6.07) is 3.23. The number of nitro benzene ring substituents is 1. The van der Waals surface area contributed by atoms with E-state index in [4.69, 9.17) is 5.84 Å². The molecule has 0 radical (unpaired) electrons. The standard InChI is InChI=1S/C10H16N4O5S2/c1-2-20(17)6-5-12-21(18,19)8-3-4-10(14(15)16)9(7-8)13-11/h3-4,7,12-13H,2,5-6,11H2,1H3. The van der Waals surface area contributed by atoms with E-state index in [1.165, 1.54) is 0 Å². The molecule has 0 fully saturated rings. The fourth-order valence-corrected chi connectivity index (χ4v) is 3.28. The molecule has 0 aliphatic heterocycles. The van der Waals surface area contributed by atoms with Crippen LogP contribution in [0.5, 0.6) is 0 Å². The molecule has 1 atom stereocenters. The summed E-state index contributed by atoms with van der Waals surface area (Å²) in [5.41, 5.74) is 1.65. The fraction of sp³-hybridized carbons (Fsp3) is 0.400. The molecule has 118 valence electrons. The smallest absolute Gasteiger partial charge is 0.293 e. The SMILES string of the molecule is CCS(=O)CCNS(=O)(=O)c1ccc([N+](=O)[O-])c(NN)c1. The molecule has 0 bridgehead atoms. The summed E-state index contributed by atoms with van der Waals surface area (Å²) < 4.78 is 37.5. The summed E-state index contributed by atoms with van der Waals surface area (Å²) in [5.74, 6) is 5.79. The lowest BCUT2D eigenvalue weighted by atomic mass is 10.3. The Hall–Kier alpha value is -1.56. The molecular weight excluding hydrogens is 320 g/mol. The molecule has 0 heterocycles. The Labute approximate surface area is 124 Å². The Kier molecular flexibility index (Phi) is 6.20. The number of nitrogens with two attached hydrogens (primary N) is 1. The second-order valence-corrected chi connectivity index (χ2v) is 7.54. The topological polar surface area (TPSA) is 144 Å². The summed E-state index contributed by atoms with van der Waals surface area (Å²) in [5, 5.41) is 10.7. The molecule has 1 rings (SSSR count). The van der Waals surface area contributed by atoms with Crippen LogP contribution in [0.4, 0.5) is 11.4 Å². The highest BCUT2D eigenvalue weighted by Gasteiger charge is 2.20. The van der Waals surface area contributed by atoms with Crippen LogP contribution in [0.25, 0.3) is 0 Å². The van der Waals surface area contributed by atoms with Gasteiger partial charge in [0.15, 0.2) is 0 Å². The monoisotopic (exact) mass is 336 g/mol. The van der Waals surface area contributed by atoms with E-state index in [1.807, 2.05) is 0 Å². The largest absolute Gasteiger partial charge is 0.318 e. The van der Waals surface area contributed by atoms with Crippen LogP contribution in [0.1, 0.15) is 6.92 Å². The van der Waals surface area contributed by atoms with Crippen molar-refractivity contribution in [1.29, 1.82) is 0 Å². The van der Waals surface area contributed by atoms with E-state index in [-0.39, 0.29) is 28.6 Å². The van der Waals surface area contributed by atoms with Crippen molar-refractivity contribution < 1.29 is 17.6 Å². The first kappa shape index (κ1) is 17.5. The Balaban J connectivity index is 2.93. The molecule has 0 saturated carbocycles. The third-order valence-corrected chi connectivity index (χ3v) is 5.34. The molecule has 1 aromatic carbocycles. The van der Waals surface area contributed by atoms with Crippen LogP contribution in [0.15, 0.2) is 23.1 Å². The van der Waals surface area contributed by atoms with E-state index in [9.17, 15) is 22.7 Å². The van der Waals surface area contributed by atoms with Crippen molar-refractivity contribution in [2.75, 3.05) is 23.5 Å². The zero-order valence-electron chi connectivity index (χ0n) is 11.2. The minimum absolute atomic E-state index is 0.0190. The summed E-state index contributed by atoms with van der Waals surface area (Å²) in [4.78, 5) is 9.89. The predicted molar refractivity (Wildman–Crippen MR) is 79.6 cm³/mol. The summed E-state index contributed by atoms with van der Waals surface area (Å²) in [7, 11) is -4.92. The Bertz CT molecular complexity index is 647. The highest BCUT2D eigenvalue weighted by Crippen LogP contribution is 2.26. The number of anilines is 1. The third kappa shape index (κ3) is 4.74. The van der Waals surface area contributed by atoms with E-state index < -0.39 is 25.7 Å². The van der Waals surface area contributed by atoms with Crippen molar-refractivity contribution in [3.63, 3.8) is 0 Å². The van der Waals surface area contributed by atoms with Gasteiger partial charge in [-0.3, -0.25) is 20.2 Å². The second-order valence-electron chi connectivity index (χ2n) is 3.91. The first-order chi connectivity index (χ1) is 9.81. The van der Waals surface area contributed by atoms with E-state index in [0.717, 1.165) is 18.2 Å². The van der Waals surface area contributed by atoms with Gasteiger partial charge in [-0.2, -0.15) is 0 Å². The van der Waals surface area contributed by atoms with Gasteiger partial charge in [-0.25, -0.2) is 13.1 Å². The first-order valence-electron chi connectivity index (χ1n) is 5.91.